The summed E-state index contributed by atoms with van der Waals surface area (Å²) in [7, 11) is 0. The highest BCUT2D eigenvalue weighted by atomic mass is 19.1. The molecule has 118 valence electrons. The number of halogens is 2. The largest absolute Gasteiger partial charge is 0.314 e. The predicted octanol–water partition coefficient (Wildman–Crippen LogP) is 4.56. The van der Waals surface area contributed by atoms with E-state index in [2.05, 4.69) is 26.1 Å². The zero-order chi connectivity index (χ0) is 15.4. The first-order chi connectivity index (χ1) is 9.94. The molecule has 0 spiro atoms. The molecule has 3 unspecified atom stereocenters. The molecule has 2 rings (SSSR count). The highest BCUT2D eigenvalue weighted by molar-refractivity contribution is 5.18. The zero-order valence-electron chi connectivity index (χ0n) is 13.3. The second-order valence-electron chi connectivity index (χ2n) is 6.98. The third-order valence-corrected chi connectivity index (χ3v) is 4.61. The first kappa shape index (κ1) is 16.4. The molecule has 0 bridgehead atoms. The molecule has 0 radical (unpaired) electrons. The van der Waals surface area contributed by atoms with Crippen molar-refractivity contribution in [1.29, 1.82) is 0 Å². The van der Waals surface area contributed by atoms with Crippen LogP contribution >= 0.6 is 0 Å². The van der Waals surface area contributed by atoms with Crippen molar-refractivity contribution < 1.29 is 8.78 Å². The van der Waals surface area contributed by atoms with Crippen molar-refractivity contribution >= 4 is 0 Å². The molecule has 1 aliphatic carbocycles. The molecule has 1 nitrogen and oxygen atoms in total. The van der Waals surface area contributed by atoms with E-state index in [1.807, 2.05) is 0 Å². The third-order valence-electron chi connectivity index (χ3n) is 4.61. The van der Waals surface area contributed by atoms with E-state index in [9.17, 15) is 8.78 Å². The summed E-state index contributed by atoms with van der Waals surface area (Å²) in [4.78, 5) is 0. The highest BCUT2D eigenvalue weighted by Gasteiger charge is 2.28. The summed E-state index contributed by atoms with van der Waals surface area (Å²) in [6, 6.07) is 4.40. The molecular weight excluding hydrogens is 268 g/mol. The van der Waals surface area contributed by atoms with Gasteiger partial charge in [-0.05, 0) is 61.3 Å². The van der Waals surface area contributed by atoms with Gasteiger partial charge < -0.3 is 5.32 Å². The Kier molecular flexibility index (Phi) is 5.74. The molecule has 1 aromatic rings. The second-order valence-corrected chi connectivity index (χ2v) is 6.98. The fourth-order valence-corrected chi connectivity index (χ4v) is 3.50. The minimum Gasteiger partial charge on any atom is -0.314 e. The lowest BCUT2D eigenvalue weighted by molar-refractivity contribution is 0.181. The Balaban J connectivity index is 2.05. The molecular formula is C18H27F2N. The molecule has 1 saturated carbocycles. The fraction of sp³-hybridized carbons (Fsp3) is 0.667. The van der Waals surface area contributed by atoms with Crippen LogP contribution in [0.3, 0.4) is 0 Å². The van der Waals surface area contributed by atoms with Gasteiger partial charge in [0.2, 0.25) is 0 Å². The minimum absolute atomic E-state index is 0.467. The average molecular weight is 295 g/mol. The summed E-state index contributed by atoms with van der Waals surface area (Å²) in [6.07, 6.45) is 4.41. The van der Waals surface area contributed by atoms with Crippen molar-refractivity contribution in [3.05, 3.63) is 35.4 Å². The van der Waals surface area contributed by atoms with Gasteiger partial charge in [0.1, 0.15) is 11.6 Å². The Bertz CT molecular complexity index is 438. The summed E-state index contributed by atoms with van der Waals surface area (Å²) in [5, 5.41) is 3.52. The summed E-state index contributed by atoms with van der Waals surface area (Å²) in [6.45, 7) is 7.60. The van der Waals surface area contributed by atoms with Crippen LogP contribution in [0.2, 0.25) is 0 Å². The van der Waals surface area contributed by atoms with Gasteiger partial charge in [-0.15, -0.1) is 0 Å². The Morgan fingerprint density at radius 3 is 2.38 bits per heavy atom. The van der Waals surface area contributed by atoms with Crippen LogP contribution in [-0.4, -0.2) is 12.6 Å². The van der Waals surface area contributed by atoms with Crippen LogP contribution in [0.15, 0.2) is 18.2 Å². The van der Waals surface area contributed by atoms with Crippen molar-refractivity contribution in [3.8, 4) is 0 Å². The summed E-state index contributed by atoms with van der Waals surface area (Å²) in [5.74, 6) is 0.899. The van der Waals surface area contributed by atoms with Gasteiger partial charge >= 0.3 is 0 Å². The summed E-state index contributed by atoms with van der Waals surface area (Å²) in [5.41, 5.74) is 0.793. The Hall–Kier alpha value is -0.960. The van der Waals surface area contributed by atoms with E-state index in [1.54, 1.807) is 0 Å². The van der Waals surface area contributed by atoms with Gasteiger partial charge in [0, 0.05) is 12.1 Å². The first-order valence-corrected chi connectivity index (χ1v) is 8.12. The maximum Gasteiger partial charge on any atom is 0.126 e. The quantitative estimate of drug-likeness (QED) is 0.840. The average Bonchev–Trinajstić information content (AvgIpc) is 2.36. The lowest BCUT2D eigenvalue weighted by atomic mass is 9.72. The van der Waals surface area contributed by atoms with Gasteiger partial charge in [0.25, 0.3) is 0 Å². The maximum absolute atomic E-state index is 13.4. The van der Waals surface area contributed by atoms with Crippen molar-refractivity contribution in [2.75, 3.05) is 6.54 Å². The van der Waals surface area contributed by atoms with E-state index in [1.165, 1.54) is 25.0 Å². The molecule has 3 heteroatoms. The third kappa shape index (κ3) is 5.06. The molecule has 1 aromatic carbocycles. The molecule has 1 aliphatic rings. The lowest BCUT2D eigenvalue weighted by Crippen LogP contribution is -2.36. The number of benzene rings is 1. The van der Waals surface area contributed by atoms with E-state index in [0.29, 0.717) is 23.8 Å². The van der Waals surface area contributed by atoms with E-state index in [4.69, 9.17) is 0 Å². The van der Waals surface area contributed by atoms with E-state index >= 15 is 0 Å². The van der Waals surface area contributed by atoms with Crippen LogP contribution in [0.5, 0.6) is 0 Å². The van der Waals surface area contributed by atoms with Crippen molar-refractivity contribution in [3.63, 3.8) is 0 Å². The van der Waals surface area contributed by atoms with Gasteiger partial charge in [-0.1, -0.05) is 27.2 Å². The number of hydrogen-bond donors (Lipinski definition) is 1. The number of rotatable bonds is 5. The van der Waals surface area contributed by atoms with Crippen LogP contribution in [0.25, 0.3) is 0 Å². The second kappa shape index (κ2) is 7.35. The normalized spacial score (nSPS) is 26.3. The van der Waals surface area contributed by atoms with Gasteiger partial charge in [-0.25, -0.2) is 8.78 Å². The molecule has 1 N–H and O–H groups in total. The van der Waals surface area contributed by atoms with Crippen LogP contribution in [0, 0.1) is 29.4 Å². The molecule has 3 atom stereocenters. The number of hydrogen-bond acceptors (Lipinski definition) is 1. The first-order valence-electron chi connectivity index (χ1n) is 8.12. The van der Waals surface area contributed by atoms with Gasteiger partial charge in [0.05, 0.1) is 0 Å². The molecule has 0 aromatic heterocycles. The predicted molar refractivity (Wildman–Crippen MR) is 83.2 cm³/mol. The Morgan fingerprint density at radius 1 is 1.10 bits per heavy atom. The lowest BCUT2D eigenvalue weighted by Gasteiger charge is -2.35. The van der Waals surface area contributed by atoms with Crippen molar-refractivity contribution in [2.45, 2.75) is 52.5 Å². The van der Waals surface area contributed by atoms with E-state index in [0.717, 1.165) is 31.0 Å². The van der Waals surface area contributed by atoms with E-state index < -0.39 is 11.6 Å². The summed E-state index contributed by atoms with van der Waals surface area (Å²) < 4.78 is 26.7. The van der Waals surface area contributed by atoms with Gasteiger partial charge in [-0.2, -0.15) is 0 Å². The number of nitrogens with one attached hydrogen (secondary N) is 1. The molecule has 0 saturated heterocycles. The fourth-order valence-electron chi connectivity index (χ4n) is 3.50. The van der Waals surface area contributed by atoms with Crippen LogP contribution in [0.1, 0.15) is 45.6 Å². The Morgan fingerprint density at radius 2 is 1.76 bits per heavy atom. The molecule has 0 heterocycles. The summed E-state index contributed by atoms with van der Waals surface area (Å²) >= 11 is 0. The molecule has 0 aliphatic heterocycles. The minimum atomic E-state index is -0.467. The maximum atomic E-state index is 13.4. The van der Waals surface area contributed by atoms with Crippen LogP contribution in [-0.2, 0) is 6.42 Å². The standard InChI is InChI=1S/C18H27F2N/c1-12(2)21-11-15-5-4-13(3)6-16(15)7-14-8-17(19)10-18(20)9-14/h8-10,12-13,15-16,21H,4-7,11H2,1-3H3. The van der Waals surface area contributed by atoms with Crippen LogP contribution < -0.4 is 5.32 Å². The van der Waals surface area contributed by atoms with Crippen LogP contribution in [0.4, 0.5) is 8.78 Å². The molecule has 1 fully saturated rings. The van der Waals surface area contributed by atoms with Crippen molar-refractivity contribution in [2.24, 2.45) is 17.8 Å². The SMILES string of the molecule is CC1CCC(CNC(C)C)C(Cc2cc(F)cc(F)c2)C1. The zero-order valence-corrected chi connectivity index (χ0v) is 13.3. The molecule has 21 heavy (non-hydrogen) atoms. The monoisotopic (exact) mass is 295 g/mol. The smallest absolute Gasteiger partial charge is 0.126 e. The van der Waals surface area contributed by atoms with Crippen molar-refractivity contribution in [1.82, 2.24) is 5.32 Å². The van der Waals surface area contributed by atoms with Gasteiger partial charge in [0.15, 0.2) is 0 Å². The topological polar surface area (TPSA) is 12.0 Å². The highest BCUT2D eigenvalue weighted by Crippen LogP contribution is 2.35. The van der Waals surface area contributed by atoms with E-state index in [-0.39, 0.29) is 0 Å². The molecule has 0 amide bonds. The Labute approximate surface area is 127 Å². The van der Waals surface area contributed by atoms with Gasteiger partial charge in [-0.3, -0.25) is 0 Å².